The molecule has 0 atom stereocenters. The van der Waals surface area contributed by atoms with Crippen LogP contribution >= 0.6 is 0 Å². The monoisotopic (exact) mass is 297 g/mol. The van der Waals surface area contributed by atoms with Gasteiger partial charge in [-0.2, -0.15) is 0 Å². The van der Waals surface area contributed by atoms with E-state index in [-0.39, 0.29) is 5.54 Å². The van der Waals surface area contributed by atoms with Crippen LogP contribution in [0.15, 0.2) is 12.1 Å². The first-order valence-electron chi connectivity index (χ1n) is 7.15. The predicted octanol–water partition coefficient (Wildman–Crippen LogP) is 2.87. The highest BCUT2D eigenvalue weighted by Gasteiger charge is 2.15. The first-order valence-corrected chi connectivity index (χ1v) is 7.15. The van der Waals surface area contributed by atoms with Gasteiger partial charge < -0.3 is 24.3 Å². The molecule has 0 unspecified atom stereocenters. The second kappa shape index (κ2) is 7.98. The SMILES string of the molecule is CCC(C)(C)NCCOc1cc(OC)c(OC)c(OC)c1. The highest BCUT2D eigenvalue weighted by Crippen LogP contribution is 2.40. The zero-order valence-electron chi connectivity index (χ0n) is 13.9. The van der Waals surface area contributed by atoms with Crippen LogP contribution in [0.25, 0.3) is 0 Å². The van der Waals surface area contributed by atoms with Crippen LogP contribution in [0.5, 0.6) is 23.0 Å². The van der Waals surface area contributed by atoms with Crippen molar-refractivity contribution in [2.24, 2.45) is 0 Å². The maximum atomic E-state index is 5.75. The molecule has 5 heteroatoms. The van der Waals surface area contributed by atoms with Crippen molar-refractivity contribution in [1.29, 1.82) is 0 Å². The molecule has 0 aliphatic heterocycles. The van der Waals surface area contributed by atoms with Gasteiger partial charge in [-0.05, 0) is 20.3 Å². The van der Waals surface area contributed by atoms with Crippen molar-refractivity contribution in [2.45, 2.75) is 32.7 Å². The molecule has 0 fully saturated rings. The summed E-state index contributed by atoms with van der Waals surface area (Å²) < 4.78 is 21.6. The lowest BCUT2D eigenvalue weighted by molar-refractivity contribution is 0.274. The van der Waals surface area contributed by atoms with Crippen molar-refractivity contribution in [3.8, 4) is 23.0 Å². The first kappa shape index (κ1) is 17.4. The summed E-state index contributed by atoms with van der Waals surface area (Å²) in [6.07, 6.45) is 1.07. The van der Waals surface area contributed by atoms with E-state index in [0.717, 1.165) is 13.0 Å². The lowest BCUT2D eigenvalue weighted by Gasteiger charge is -2.24. The Kier molecular flexibility index (Phi) is 6.62. The van der Waals surface area contributed by atoms with Crippen molar-refractivity contribution >= 4 is 0 Å². The summed E-state index contributed by atoms with van der Waals surface area (Å²) in [6, 6.07) is 3.60. The highest BCUT2D eigenvalue weighted by molar-refractivity contribution is 5.55. The van der Waals surface area contributed by atoms with Crippen LogP contribution in [0.3, 0.4) is 0 Å². The van der Waals surface area contributed by atoms with Crippen LogP contribution < -0.4 is 24.3 Å². The van der Waals surface area contributed by atoms with E-state index in [0.29, 0.717) is 29.6 Å². The lowest BCUT2D eigenvalue weighted by Crippen LogP contribution is -2.40. The molecule has 0 aliphatic carbocycles. The second-order valence-electron chi connectivity index (χ2n) is 5.37. The van der Waals surface area contributed by atoms with E-state index in [4.69, 9.17) is 18.9 Å². The predicted molar refractivity (Wildman–Crippen MR) is 84.0 cm³/mol. The molecule has 1 aromatic rings. The fourth-order valence-electron chi connectivity index (χ4n) is 1.82. The van der Waals surface area contributed by atoms with Gasteiger partial charge in [-0.25, -0.2) is 0 Å². The summed E-state index contributed by atoms with van der Waals surface area (Å²) in [6.45, 7) is 7.85. The fraction of sp³-hybridized carbons (Fsp3) is 0.625. The molecule has 0 bridgehead atoms. The van der Waals surface area contributed by atoms with Crippen molar-refractivity contribution in [3.05, 3.63) is 12.1 Å². The minimum atomic E-state index is 0.124. The van der Waals surface area contributed by atoms with Crippen molar-refractivity contribution in [1.82, 2.24) is 5.32 Å². The molecule has 0 aliphatic rings. The Labute approximate surface area is 127 Å². The number of rotatable bonds is 9. The summed E-state index contributed by atoms with van der Waals surface area (Å²) in [5.41, 5.74) is 0.124. The quantitative estimate of drug-likeness (QED) is 0.710. The molecule has 0 radical (unpaired) electrons. The van der Waals surface area contributed by atoms with Crippen LogP contribution in [0.2, 0.25) is 0 Å². The number of ether oxygens (including phenoxy) is 4. The molecule has 120 valence electrons. The fourth-order valence-corrected chi connectivity index (χ4v) is 1.82. The van der Waals surface area contributed by atoms with Gasteiger partial charge in [0.05, 0.1) is 21.3 Å². The van der Waals surface area contributed by atoms with E-state index in [1.54, 1.807) is 33.5 Å². The van der Waals surface area contributed by atoms with E-state index < -0.39 is 0 Å². The Balaban J connectivity index is 2.67. The van der Waals surface area contributed by atoms with Crippen LogP contribution in [0.4, 0.5) is 0 Å². The van der Waals surface area contributed by atoms with E-state index in [1.165, 1.54) is 0 Å². The zero-order chi connectivity index (χ0) is 15.9. The summed E-state index contributed by atoms with van der Waals surface area (Å²) >= 11 is 0. The minimum Gasteiger partial charge on any atom is -0.493 e. The lowest BCUT2D eigenvalue weighted by atomic mass is 10.0. The van der Waals surface area contributed by atoms with Crippen LogP contribution in [0, 0.1) is 0 Å². The number of benzene rings is 1. The third kappa shape index (κ3) is 5.01. The first-order chi connectivity index (χ1) is 9.97. The number of hydrogen-bond acceptors (Lipinski definition) is 5. The Morgan fingerprint density at radius 1 is 1.00 bits per heavy atom. The Morgan fingerprint density at radius 2 is 1.57 bits per heavy atom. The third-order valence-electron chi connectivity index (χ3n) is 3.50. The minimum absolute atomic E-state index is 0.124. The van der Waals surface area contributed by atoms with Gasteiger partial charge in [-0.15, -0.1) is 0 Å². The van der Waals surface area contributed by atoms with Gasteiger partial charge in [-0.3, -0.25) is 0 Å². The van der Waals surface area contributed by atoms with E-state index in [1.807, 2.05) is 0 Å². The molecule has 0 aromatic heterocycles. The topological polar surface area (TPSA) is 49.0 Å². The van der Waals surface area contributed by atoms with E-state index in [2.05, 4.69) is 26.1 Å². The van der Waals surface area contributed by atoms with Crippen LogP contribution in [0.1, 0.15) is 27.2 Å². The molecule has 1 N–H and O–H groups in total. The van der Waals surface area contributed by atoms with Crippen LogP contribution in [-0.2, 0) is 0 Å². The second-order valence-corrected chi connectivity index (χ2v) is 5.37. The summed E-state index contributed by atoms with van der Waals surface area (Å²) in [4.78, 5) is 0. The molecule has 0 spiro atoms. The van der Waals surface area contributed by atoms with Crippen molar-refractivity contribution < 1.29 is 18.9 Å². The van der Waals surface area contributed by atoms with Gasteiger partial charge in [0.15, 0.2) is 11.5 Å². The van der Waals surface area contributed by atoms with Gasteiger partial charge in [0.1, 0.15) is 12.4 Å². The van der Waals surface area contributed by atoms with Crippen molar-refractivity contribution in [3.63, 3.8) is 0 Å². The molecule has 0 amide bonds. The molecule has 0 heterocycles. The van der Waals surface area contributed by atoms with Crippen molar-refractivity contribution in [2.75, 3.05) is 34.5 Å². The Hall–Kier alpha value is -1.62. The largest absolute Gasteiger partial charge is 0.493 e. The summed E-state index contributed by atoms with van der Waals surface area (Å²) in [5.74, 6) is 2.44. The number of nitrogens with one attached hydrogen (secondary N) is 1. The molecule has 1 rings (SSSR count). The third-order valence-corrected chi connectivity index (χ3v) is 3.50. The number of hydrogen-bond donors (Lipinski definition) is 1. The number of methoxy groups -OCH3 is 3. The summed E-state index contributed by atoms with van der Waals surface area (Å²) in [5, 5.41) is 3.45. The maximum absolute atomic E-state index is 5.75. The molecule has 0 saturated heterocycles. The maximum Gasteiger partial charge on any atom is 0.203 e. The van der Waals surface area contributed by atoms with Crippen LogP contribution in [-0.4, -0.2) is 40.0 Å². The van der Waals surface area contributed by atoms with Gasteiger partial charge >= 0.3 is 0 Å². The molecule has 21 heavy (non-hydrogen) atoms. The van der Waals surface area contributed by atoms with E-state index >= 15 is 0 Å². The average Bonchev–Trinajstić information content (AvgIpc) is 2.50. The van der Waals surface area contributed by atoms with E-state index in [9.17, 15) is 0 Å². The molecule has 0 saturated carbocycles. The van der Waals surface area contributed by atoms with Gasteiger partial charge in [-0.1, -0.05) is 6.92 Å². The van der Waals surface area contributed by atoms with Gasteiger partial charge in [0, 0.05) is 24.2 Å². The molecule has 5 nitrogen and oxygen atoms in total. The molecule has 1 aromatic carbocycles. The molecular weight excluding hydrogens is 270 g/mol. The van der Waals surface area contributed by atoms with Gasteiger partial charge in [0.2, 0.25) is 5.75 Å². The average molecular weight is 297 g/mol. The smallest absolute Gasteiger partial charge is 0.203 e. The Morgan fingerprint density at radius 3 is 2.00 bits per heavy atom. The normalized spacial score (nSPS) is 11.1. The standard InChI is InChI=1S/C16H27NO4/c1-7-16(2,3)17-8-9-21-12-10-13(18-4)15(20-6)14(11-12)19-5/h10-11,17H,7-9H2,1-6H3. The zero-order valence-corrected chi connectivity index (χ0v) is 13.9. The highest BCUT2D eigenvalue weighted by atomic mass is 16.5. The Bertz CT molecular complexity index is 421. The van der Waals surface area contributed by atoms with Gasteiger partial charge in [0.25, 0.3) is 0 Å². The molecular formula is C16H27NO4. The summed E-state index contributed by atoms with van der Waals surface area (Å²) in [7, 11) is 4.76.